The molecule has 0 aromatic heterocycles. The fraction of sp³-hybridized carbons (Fsp3) is 0.294. The van der Waals surface area contributed by atoms with Gasteiger partial charge >= 0.3 is 0 Å². The van der Waals surface area contributed by atoms with Crippen LogP contribution in [-0.4, -0.2) is 34.8 Å². The number of para-hydroxylation sites is 2. The molecule has 1 saturated heterocycles. The Morgan fingerprint density at radius 1 is 1.17 bits per heavy atom. The smallest absolute Gasteiger partial charge is 0.267 e. The molecular formula is C17H19NO4S. The van der Waals surface area contributed by atoms with E-state index >= 15 is 0 Å². The number of rotatable bonds is 6. The van der Waals surface area contributed by atoms with Crippen molar-refractivity contribution in [2.45, 2.75) is 17.9 Å². The molecule has 1 aliphatic rings. The molecular weight excluding hydrogens is 314 g/mol. The first-order valence-corrected chi connectivity index (χ1v) is 8.82. The predicted molar refractivity (Wildman–Crippen MR) is 88.4 cm³/mol. The van der Waals surface area contributed by atoms with Crippen molar-refractivity contribution in [2.75, 3.05) is 24.6 Å². The minimum atomic E-state index is -3.71. The van der Waals surface area contributed by atoms with Crippen molar-refractivity contribution < 1.29 is 17.9 Å². The first kappa shape index (κ1) is 15.8. The molecule has 0 aliphatic carbocycles. The van der Waals surface area contributed by atoms with E-state index in [9.17, 15) is 8.42 Å². The van der Waals surface area contributed by atoms with Crippen molar-refractivity contribution in [2.24, 2.45) is 0 Å². The Kier molecular flexibility index (Phi) is 4.28. The van der Waals surface area contributed by atoms with Gasteiger partial charge in [0.15, 0.2) is 0 Å². The summed E-state index contributed by atoms with van der Waals surface area (Å²) in [7, 11) is -2.16. The standard InChI is InChI=1S/C17H19NO4S/c1-13-7-6-10-16(17(13)22-12-15-11-21-15)23(19,20)18(2)14-8-4-3-5-9-14/h3-10,15H,11-12H2,1-2H3. The van der Waals surface area contributed by atoms with Gasteiger partial charge in [0.1, 0.15) is 23.4 Å². The predicted octanol–water partition coefficient (Wildman–Crippen LogP) is 2.60. The molecule has 0 amide bonds. The molecule has 1 unspecified atom stereocenters. The zero-order chi connectivity index (χ0) is 16.4. The van der Waals surface area contributed by atoms with Gasteiger partial charge in [-0.1, -0.05) is 30.3 Å². The van der Waals surface area contributed by atoms with E-state index < -0.39 is 10.0 Å². The minimum Gasteiger partial charge on any atom is -0.489 e. The van der Waals surface area contributed by atoms with Crippen molar-refractivity contribution in [3.05, 3.63) is 54.1 Å². The summed E-state index contributed by atoms with van der Waals surface area (Å²) in [5.74, 6) is 0.394. The summed E-state index contributed by atoms with van der Waals surface area (Å²) < 4.78 is 38.1. The van der Waals surface area contributed by atoms with Crippen LogP contribution >= 0.6 is 0 Å². The Balaban J connectivity index is 1.97. The second kappa shape index (κ2) is 6.22. The van der Waals surface area contributed by atoms with E-state index in [1.807, 2.05) is 19.1 Å². The number of sulfonamides is 1. The van der Waals surface area contributed by atoms with E-state index in [0.717, 1.165) is 5.56 Å². The van der Waals surface area contributed by atoms with Crippen LogP contribution in [0, 0.1) is 6.92 Å². The van der Waals surface area contributed by atoms with Gasteiger partial charge in [0.2, 0.25) is 0 Å². The molecule has 2 aromatic carbocycles. The molecule has 1 aliphatic heterocycles. The molecule has 5 nitrogen and oxygen atoms in total. The van der Waals surface area contributed by atoms with Gasteiger partial charge in [0.25, 0.3) is 10.0 Å². The number of anilines is 1. The molecule has 1 atom stereocenters. The average Bonchev–Trinajstić information content (AvgIpc) is 3.38. The highest BCUT2D eigenvalue weighted by molar-refractivity contribution is 7.92. The number of epoxide rings is 1. The van der Waals surface area contributed by atoms with Gasteiger partial charge in [0.05, 0.1) is 12.3 Å². The van der Waals surface area contributed by atoms with E-state index in [1.54, 1.807) is 43.4 Å². The average molecular weight is 333 g/mol. The summed E-state index contributed by atoms with van der Waals surface area (Å²) in [5, 5.41) is 0. The summed E-state index contributed by atoms with van der Waals surface area (Å²) in [6.45, 7) is 2.87. The van der Waals surface area contributed by atoms with Gasteiger partial charge in [-0.05, 0) is 30.7 Å². The van der Waals surface area contributed by atoms with E-state index in [4.69, 9.17) is 9.47 Å². The van der Waals surface area contributed by atoms with Gasteiger partial charge < -0.3 is 9.47 Å². The zero-order valence-electron chi connectivity index (χ0n) is 13.1. The van der Waals surface area contributed by atoms with Crippen LogP contribution in [0.5, 0.6) is 5.75 Å². The number of hydrogen-bond acceptors (Lipinski definition) is 4. The highest BCUT2D eigenvalue weighted by Crippen LogP contribution is 2.32. The topological polar surface area (TPSA) is 59.1 Å². The largest absolute Gasteiger partial charge is 0.489 e. The number of ether oxygens (including phenoxy) is 2. The van der Waals surface area contributed by atoms with Gasteiger partial charge in [-0.2, -0.15) is 0 Å². The van der Waals surface area contributed by atoms with E-state index in [-0.39, 0.29) is 11.0 Å². The molecule has 3 rings (SSSR count). The molecule has 1 heterocycles. The molecule has 0 N–H and O–H groups in total. The highest BCUT2D eigenvalue weighted by Gasteiger charge is 2.28. The molecule has 0 saturated carbocycles. The lowest BCUT2D eigenvalue weighted by Crippen LogP contribution is -2.27. The summed E-state index contributed by atoms with van der Waals surface area (Å²) >= 11 is 0. The third-order valence-corrected chi connectivity index (χ3v) is 5.56. The van der Waals surface area contributed by atoms with Crippen LogP contribution in [0.1, 0.15) is 5.56 Å². The molecule has 122 valence electrons. The molecule has 1 fully saturated rings. The first-order valence-electron chi connectivity index (χ1n) is 7.38. The number of hydrogen-bond donors (Lipinski definition) is 0. The lowest BCUT2D eigenvalue weighted by molar-refractivity contribution is 0.256. The number of benzene rings is 2. The summed E-state index contributed by atoms with van der Waals surface area (Å²) in [6.07, 6.45) is 0.0667. The Morgan fingerprint density at radius 3 is 2.52 bits per heavy atom. The normalized spacial score (nSPS) is 16.9. The maximum absolute atomic E-state index is 13.0. The fourth-order valence-corrected chi connectivity index (χ4v) is 3.68. The van der Waals surface area contributed by atoms with Crippen molar-refractivity contribution >= 4 is 15.7 Å². The molecule has 2 aromatic rings. The Morgan fingerprint density at radius 2 is 1.87 bits per heavy atom. The van der Waals surface area contributed by atoms with Crippen molar-refractivity contribution in [3.8, 4) is 5.75 Å². The lowest BCUT2D eigenvalue weighted by Gasteiger charge is -2.22. The number of aryl methyl sites for hydroxylation is 1. The SMILES string of the molecule is Cc1cccc(S(=O)(=O)N(C)c2ccccc2)c1OCC1CO1. The summed E-state index contributed by atoms with van der Waals surface area (Å²) in [5.41, 5.74) is 1.39. The van der Waals surface area contributed by atoms with Gasteiger partial charge in [-0.15, -0.1) is 0 Å². The quantitative estimate of drug-likeness (QED) is 0.763. The summed E-state index contributed by atoms with van der Waals surface area (Å²) in [6, 6.07) is 14.1. The Labute approximate surface area is 136 Å². The van der Waals surface area contributed by atoms with Crippen LogP contribution in [0.4, 0.5) is 5.69 Å². The Hall–Kier alpha value is -2.05. The molecule has 6 heteroatoms. The van der Waals surface area contributed by atoms with Gasteiger partial charge in [-0.25, -0.2) is 8.42 Å². The van der Waals surface area contributed by atoms with Crippen LogP contribution in [0.3, 0.4) is 0 Å². The highest BCUT2D eigenvalue weighted by atomic mass is 32.2. The van der Waals surface area contributed by atoms with Crippen molar-refractivity contribution in [1.29, 1.82) is 0 Å². The zero-order valence-corrected chi connectivity index (χ0v) is 13.9. The third kappa shape index (κ3) is 3.33. The van der Waals surface area contributed by atoms with E-state index in [2.05, 4.69) is 0 Å². The maximum atomic E-state index is 13.0. The van der Waals surface area contributed by atoms with Crippen molar-refractivity contribution in [1.82, 2.24) is 0 Å². The van der Waals surface area contributed by atoms with Crippen LogP contribution in [0.15, 0.2) is 53.4 Å². The second-order valence-corrected chi connectivity index (χ2v) is 7.41. The van der Waals surface area contributed by atoms with E-state index in [0.29, 0.717) is 24.7 Å². The molecule has 0 spiro atoms. The fourth-order valence-electron chi connectivity index (χ4n) is 2.28. The van der Waals surface area contributed by atoms with Crippen LogP contribution in [0.25, 0.3) is 0 Å². The summed E-state index contributed by atoms with van der Waals surface area (Å²) in [4.78, 5) is 0.171. The van der Waals surface area contributed by atoms with Gasteiger partial charge in [0, 0.05) is 7.05 Å². The minimum absolute atomic E-state index is 0.0667. The monoisotopic (exact) mass is 333 g/mol. The second-order valence-electron chi connectivity index (χ2n) is 5.48. The Bertz CT molecular complexity index is 785. The van der Waals surface area contributed by atoms with Gasteiger partial charge in [-0.3, -0.25) is 4.31 Å². The van der Waals surface area contributed by atoms with Crippen LogP contribution in [0.2, 0.25) is 0 Å². The molecule has 0 bridgehead atoms. The lowest BCUT2D eigenvalue weighted by atomic mass is 10.2. The molecule has 23 heavy (non-hydrogen) atoms. The third-order valence-electron chi connectivity index (χ3n) is 3.75. The number of nitrogens with zero attached hydrogens (tertiary/aromatic N) is 1. The van der Waals surface area contributed by atoms with Crippen molar-refractivity contribution in [3.63, 3.8) is 0 Å². The van der Waals surface area contributed by atoms with Crippen LogP contribution < -0.4 is 9.04 Å². The van der Waals surface area contributed by atoms with E-state index in [1.165, 1.54) is 4.31 Å². The maximum Gasteiger partial charge on any atom is 0.267 e. The van der Waals surface area contributed by atoms with Crippen LogP contribution in [-0.2, 0) is 14.8 Å². The first-order chi connectivity index (χ1) is 11.0. The molecule has 0 radical (unpaired) electrons.